The van der Waals surface area contributed by atoms with Gasteiger partial charge in [-0.3, -0.25) is 4.90 Å². The second kappa shape index (κ2) is 7.08. The Bertz CT molecular complexity index is 256. The summed E-state index contributed by atoms with van der Waals surface area (Å²) in [6.45, 7) is 13.3. The molecule has 112 valence electrons. The molecule has 2 heteroatoms. The lowest BCUT2D eigenvalue weighted by Gasteiger charge is -2.44. The van der Waals surface area contributed by atoms with Crippen LogP contribution < -0.4 is 5.32 Å². The van der Waals surface area contributed by atoms with Gasteiger partial charge in [0.2, 0.25) is 0 Å². The van der Waals surface area contributed by atoms with Gasteiger partial charge in [0, 0.05) is 31.7 Å². The second-order valence-corrected chi connectivity index (χ2v) is 7.40. The molecule has 1 saturated carbocycles. The SMILES string of the molecule is CCC1CN(CC2CCC(C)CC2)C(C(C)C)CN1. The number of piperazine rings is 1. The third-order valence-corrected chi connectivity index (χ3v) is 5.43. The standard InChI is InChI=1S/C17H34N2/c1-5-16-12-19(17(10-18-16)13(2)3)11-15-8-6-14(4)7-9-15/h13-18H,5-12H2,1-4H3. The Hall–Kier alpha value is -0.0800. The van der Waals surface area contributed by atoms with Crippen molar-refractivity contribution in [2.24, 2.45) is 17.8 Å². The summed E-state index contributed by atoms with van der Waals surface area (Å²) in [4.78, 5) is 2.82. The van der Waals surface area contributed by atoms with E-state index < -0.39 is 0 Å². The van der Waals surface area contributed by atoms with E-state index in [1.165, 1.54) is 51.7 Å². The Labute approximate surface area is 120 Å². The first kappa shape index (κ1) is 15.3. The van der Waals surface area contributed by atoms with Crippen LogP contribution in [0.2, 0.25) is 0 Å². The highest BCUT2D eigenvalue weighted by atomic mass is 15.2. The fourth-order valence-corrected chi connectivity index (χ4v) is 3.88. The number of hydrogen-bond donors (Lipinski definition) is 1. The highest BCUT2D eigenvalue weighted by Crippen LogP contribution is 2.30. The summed E-state index contributed by atoms with van der Waals surface area (Å²) in [5.41, 5.74) is 0. The molecule has 0 aromatic carbocycles. The van der Waals surface area contributed by atoms with Gasteiger partial charge in [-0.05, 0) is 37.0 Å². The van der Waals surface area contributed by atoms with Crippen molar-refractivity contribution in [3.05, 3.63) is 0 Å². The summed E-state index contributed by atoms with van der Waals surface area (Å²) in [6.07, 6.45) is 7.11. The molecule has 0 radical (unpaired) electrons. The predicted molar refractivity (Wildman–Crippen MR) is 83.4 cm³/mol. The molecule has 0 spiro atoms. The lowest BCUT2D eigenvalue weighted by molar-refractivity contribution is 0.0697. The summed E-state index contributed by atoms with van der Waals surface area (Å²) in [5.74, 6) is 2.71. The van der Waals surface area contributed by atoms with Crippen LogP contribution in [0.5, 0.6) is 0 Å². The van der Waals surface area contributed by atoms with Crippen molar-refractivity contribution in [3.8, 4) is 0 Å². The molecule has 1 N–H and O–H groups in total. The maximum Gasteiger partial charge on any atom is 0.0244 e. The number of nitrogens with zero attached hydrogens (tertiary/aromatic N) is 1. The number of hydrogen-bond acceptors (Lipinski definition) is 2. The van der Waals surface area contributed by atoms with Gasteiger partial charge in [-0.15, -0.1) is 0 Å². The molecular formula is C17H34N2. The summed E-state index contributed by atoms with van der Waals surface area (Å²) in [5, 5.41) is 3.73. The van der Waals surface area contributed by atoms with Crippen LogP contribution in [0.3, 0.4) is 0 Å². The Morgan fingerprint density at radius 1 is 1.16 bits per heavy atom. The molecule has 2 fully saturated rings. The van der Waals surface area contributed by atoms with E-state index in [1.54, 1.807) is 0 Å². The van der Waals surface area contributed by atoms with Crippen LogP contribution in [0.15, 0.2) is 0 Å². The van der Waals surface area contributed by atoms with Crippen LogP contribution >= 0.6 is 0 Å². The van der Waals surface area contributed by atoms with Gasteiger partial charge in [-0.25, -0.2) is 0 Å². The summed E-state index contributed by atoms with van der Waals surface area (Å²) < 4.78 is 0. The first-order valence-electron chi connectivity index (χ1n) is 8.57. The van der Waals surface area contributed by atoms with Gasteiger partial charge in [0.15, 0.2) is 0 Å². The summed E-state index contributed by atoms with van der Waals surface area (Å²) >= 11 is 0. The van der Waals surface area contributed by atoms with Gasteiger partial charge < -0.3 is 5.32 Å². The Morgan fingerprint density at radius 2 is 1.84 bits per heavy atom. The predicted octanol–water partition coefficient (Wildman–Crippen LogP) is 3.52. The third kappa shape index (κ3) is 4.19. The Kier molecular flexibility index (Phi) is 5.70. The van der Waals surface area contributed by atoms with E-state index in [2.05, 4.69) is 37.9 Å². The number of nitrogens with one attached hydrogen (secondary N) is 1. The minimum Gasteiger partial charge on any atom is -0.311 e. The van der Waals surface area contributed by atoms with Crippen LogP contribution in [0.25, 0.3) is 0 Å². The van der Waals surface area contributed by atoms with Gasteiger partial charge in [0.05, 0.1) is 0 Å². The molecule has 2 nitrogen and oxygen atoms in total. The lowest BCUT2D eigenvalue weighted by atomic mass is 9.82. The van der Waals surface area contributed by atoms with Crippen molar-refractivity contribution in [2.75, 3.05) is 19.6 Å². The molecule has 2 atom stereocenters. The Balaban J connectivity index is 1.89. The smallest absolute Gasteiger partial charge is 0.0244 e. The molecule has 0 aromatic rings. The normalized spacial score (nSPS) is 37.7. The monoisotopic (exact) mass is 266 g/mol. The maximum atomic E-state index is 3.73. The van der Waals surface area contributed by atoms with Gasteiger partial charge >= 0.3 is 0 Å². The van der Waals surface area contributed by atoms with Crippen LogP contribution in [0, 0.1) is 17.8 Å². The fraction of sp³-hybridized carbons (Fsp3) is 1.00. The molecular weight excluding hydrogens is 232 g/mol. The molecule has 0 aromatic heterocycles. The van der Waals surface area contributed by atoms with Crippen LogP contribution in [-0.4, -0.2) is 36.6 Å². The molecule has 1 aliphatic heterocycles. The minimum absolute atomic E-state index is 0.720. The van der Waals surface area contributed by atoms with Crippen molar-refractivity contribution in [3.63, 3.8) is 0 Å². The van der Waals surface area contributed by atoms with Crippen molar-refractivity contribution < 1.29 is 0 Å². The first-order valence-corrected chi connectivity index (χ1v) is 8.57. The number of rotatable bonds is 4. The molecule has 2 aliphatic rings. The van der Waals surface area contributed by atoms with Crippen LogP contribution in [0.4, 0.5) is 0 Å². The van der Waals surface area contributed by atoms with Gasteiger partial charge in [-0.2, -0.15) is 0 Å². The van der Waals surface area contributed by atoms with Gasteiger partial charge in [-0.1, -0.05) is 40.5 Å². The lowest BCUT2D eigenvalue weighted by Crippen LogP contribution is -2.59. The average Bonchev–Trinajstić information content (AvgIpc) is 2.41. The van der Waals surface area contributed by atoms with Crippen molar-refractivity contribution in [1.82, 2.24) is 10.2 Å². The first-order chi connectivity index (χ1) is 9.10. The molecule has 1 heterocycles. The topological polar surface area (TPSA) is 15.3 Å². The zero-order valence-electron chi connectivity index (χ0n) is 13.5. The van der Waals surface area contributed by atoms with E-state index in [9.17, 15) is 0 Å². The highest BCUT2D eigenvalue weighted by molar-refractivity contribution is 4.88. The average molecular weight is 266 g/mol. The van der Waals surface area contributed by atoms with E-state index in [-0.39, 0.29) is 0 Å². The fourth-order valence-electron chi connectivity index (χ4n) is 3.88. The highest BCUT2D eigenvalue weighted by Gasteiger charge is 2.31. The van der Waals surface area contributed by atoms with Crippen molar-refractivity contribution in [1.29, 1.82) is 0 Å². The molecule has 1 saturated heterocycles. The molecule has 1 aliphatic carbocycles. The minimum atomic E-state index is 0.720. The summed E-state index contributed by atoms with van der Waals surface area (Å²) in [7, 11) is 0. The summed E-state index contributed by atoms with van der Waals surface area (Å²) in [6, 6.07) is 1.47. The van der Waals surface area contributed by atoms with Crippen molar-refractivity contribution >= 4 is 0 Å². The molecule has 2 unspecified atom stereocenters. The Morgan fingerprint density at radius 3 is 2.42 bits per heavy atom. The quantitative estimate of drug-likeness (QED) is 0.837. The van der Waals surface area contributed by atoms with Crippen LogP contribution in [-0.2, 0) is 0 Å². The third-order valence-electron chi connectivity index (χ3n) is 5.43. The van der Waals surface area contributed by atoms with E-state index in [0.717, 1.165) is 29.8 Å². The molecule has 2 rings (SSSR count). The zero-order chi connectivity index (χ0) is 13.8. The maximum absolute atomic E-state index is 3.73. The zero-order valence-corrected chi connectivity index (χ0v) is 13.5. The van der Waals surface area contributed by atoms with Crippen molar-refractivity contribution in [2.45, 2.75) is 71.9 Å². The van der Waals surface area contributed by atoms with Crippen LogP contribution in [0.1, 0.15) is 59.8 Å². The van der Waals surface area contributed by atoms with Gasteiger partial charge in [0.1, 0.15) is 0 Å². The van der Waals surface area contributed by atoms with E-state index >= 15 is 0 Å². The molecule has 19 heavy (non-hydrogen) atoms. The largest absolute Gasteiger partial charge is 0.311 e. The van der Waals surface area contributed by atoms with E-state index in [0.29, 0.717) is 0 Å². The molecule has 0 amide bonds. The van der Waals surface area contributed by atoms with E-state index in [4.69, 9.17) is 0 Å². The van der Waals surface area contributed by atoms with E-state index in [1.807, 2.05) is 0 Å². The second-order valence-electron chi connectivity index (χ2n) is 7.40. The molecule has 0 bridgehead atoms. The van der Waals surface area contributed by atoms with Gasteiger partial charge in [0.25, 0.3) is 0 Å².